The van der Waals surface area contributed by atoms with Crippen LogP contribution in [0.25, 0.3) is 0 Å². The van der Waals surface area contributed by atoms with Crippen molar-refractivity contribution < 1.29 is 13.2 Å². The maximum absolute atomic E-state index is 12.8. The van der Waals surface area contributed by atoms with Gasteiger partial charge in [-0.1, -0.05) is 6.42 Å². The first-order valence-corrected chi connectivity index (χ1v) is 11.2. The number of hydrogen-bond acceptors (Lipinski definition) is 4. The minimum atomic E-state index is -3.58. The van der Waals surface area contributed by atoms with Crippen LogP contribution in [-0.2, 0) is 14.8 Å². The van der Waals surface area contributed by atoms with E-state index in [1.807, 2.05) is 11.0 Å². The lowest BCUT2D eigenvalue weighted by Crippen LogP contribution is -2.50. The second-order valence-corrected chi connectivity index (χ2v) is 10.00. The second kappa shape index (κ2) is 7.25. The molecule has 1 aromatic rings. The Kier molecular flexibility index (Phi) is 4.95. The standard InChI is InChI=1S/C20H25N3O3S/c21-14-15-2-5-19(6-3-15)27(25,26)23-9-7-22(8-10-23)20(24)13-18-12-16-1-4-17(18)11-16/h2-3,5-6,16-18H,1,4,7-13H2. The second-order valence-electron chi connectivity index (χ2n) is 8.06. The molecule has 3 aliphatic rings. The highest BCUT2D eigenvalue weighted by Crippen LogP contribution is 2.49. The normalized spacial score (nSPS) is 28.3. The van der Waals surface area contributed by atoms with E-state index >= 15 is 0 Å². The largest absolute Gasteiger partial charge is 0.340 e. The summed E-state index contributed by atoms with van der Waals surface area (Å²) in [6, 6.07) is 7.97. The number of fused-ring (bicyclic) bond motifs is 2. The van der Waals surface area contributed by atoms with Crippen LogP contribution in [0.3, 0.4) is 0 Å². The van der Waals surface area contributed by atoms with Crippen molar-refractivity contribution in [3.8, 4) is 6.07 Å². The fourth-order valence-corrected chi connectivity index (χ4v) is 6.43. The van der Waals surface area contributed by atoms with Gasteiger partial charge >= 0.3 is 0 Å². The summed E-state index contributed by atoms with van der Waals surface area (Å²) in [5, 5.41) is 8.85. The molecule has 0 N–H and O–H groups in total. The van der Waals surface area contributed by atoms with Gasteiger partial charge in [0, 0.05) is 32.6 Å². The van der Waals surface area contributed by atoms with Crippen molar-refractivity contribution in [1.29, 1.82) is 5.26 Å². The van der Waals surface area contributed by atoms with Gasteiger partial charge in [0.05, 0.1) is 16.5 Å². The molecule has 0 radical (unpaired) electrons. The number of carbonyl (C=O) groups excluding carboxylic acids is 1. The molecular formula is C20H25N3O3S. The van der Waals surface area contributed by atoms with Crippen LogP contribution in [0.4, 0.5) is 0 Å². The number of carbonyl (C=O) groups is 1. The minimum absolute atomic E-state index is 0.183. The first kappa shape index (κ1) is 18.5. The van der Waals surface area contributed by atoms with Crippen LogP contribution in [0, 0.1) is 29.1 Å². The Labute approximate surface area is 160 Å². The summed E-state index contributed by atoms with van der Waals surface area (Å²) in [4.78, 5) is 14.7. The molecule has 4 rings (SSSR count). The maximum Gasteiger partial charge on any atom is 0.243 e. The van der Waals surface area contributed by atoms with Crippen LogP contribution < -0.4 is 0 Å². The third-order valence-electron chi connectivity index (χ3n) is 6.53. The van der Waals surface area contributed by atoms with Crippen LogP contribution in [-0.4, -0.2) is 49.7 Å². The van der Waals surface area contributed by atoms with Crippen molar-refractivity contribution in [3.05, 3.63) is 29.8 Å². The lowest BCUT2D eigenvalue weighted by atomic mass is 9.86. The highest BCUT2D eigenvalue weighted by atomic mass is 32.2. The van der Waals surface area contributed by atoms with E-state index < -0.39 is 10.0 Å². The molecule has 3 unspecified atom stereocenters. The average Bonchev–Trinajstić information content (AvgIpc) is 3.31. The topological polar surface area (TPSA) is 81.5 Å². The first-order valence-electron chi connectivity index (χ1n) is 9.75. The van der Waals surface area contributed by atoms with E-state index in [2.05, 4.69) is 0 Å². The Balaban J connectivity index is 1.34. The van der Waals surface area contributed by atoms with Gasteiger partial charge < -0.3 is 4.90 Å². The predicted octanol–water partition coefficient (Wildman–Crippen LogP) is 2.22. The van der Waals surface area contributed by atoms with Crippen molar-refractivity contribution in [3.63, 3.8) is 0 Å². The molecule has 1 heterocycles. The van der Waals surface area contributed by atoms with Gasteiger partial charge in [0.1, 0.15) is 0 Å². The molecule has 3 atom stereocenters. The van der Waals surface area contributed by atoms with E-state index in [0.29, 0.717) is 44.1 Å². The quantitative estimate of drug-likeness (QED) is 0.793. The lowest BCUT2D eigenvalue weighted by molar-refractivity contribution is -0.133. The molecule has 6 nitrogen and oxygen atoms in total. The third-order valence-corrected chi connectivity index (χ3v) is 8.45. The van der Waals surface area contributed by atoms with Crippen molar-refractivity contribution in [2.45, 2.75) is 37.0 Å². The molecule has 2 saturated carbocycles. The zero-order valence-electron chi connectivity index (χ0n) is 15.4. The summed E-state index contributed by atoms with van der Waals surface area (Å²) in [5.41, 5.74) is 0.435. The number of nitriles is 1. The van der Waals surface area contributed by atoms with E-state index in [1.54, 1.807) is 0 Å². The van der Waals surface area contributed by atoms with E-state index in [-0.39, 0.29) is 10.8 Å². The zero-order valence-corrected chi connectivity index (χ0v) is 16.2. The van der Waals surface area contributed by atoms with Crippen molar-refractivity contribution in [1.82, 2.24) is 9.21 Å². The molecule has 0 aromatic heterocycles. The van der Waals surface area contributed by atoms with Crippen molar-refractivity contribution >= 4 is 15.9 Å². The van der Waals surface area contributed by atoms with Crippen molar-refractivity contribution in [2.75, 3.05) is 26.2 Å². The molecule has 1 aliphatic heterocycles. The van der Waals surface area contributed by atoms with Gasteiger partial charge in [-0.2, -0.15) is 9.57 Å². The van der Waals surface area contributed by atoms with Gasteiger partial charge in [-0.15, -0.1) is 0 Å². The molecule has 3 fully saturated rings. The molecule has 27 heavy (non-hydrogen) atoms. The number of piperazine rings is 1. The van der Waals surface area contributed by atoms with Gasteiger partial charge in [-0.3, -0.25) is 4.79 Å². The summed E-state index contributed by atoms with van der Waals surface area (Å²) in [5.74, 6) is 2.29. The molecule has 1 aromatic carbocycles. The molecule has 1 saturated heterocycles. The molecule has 7 heteroatoms. The Hall–Kier alpha value is -1.91. The van der Waals surface area contributed by atoms with Gasteiger partial charge in [-0.25, -0.2) is 8.42 Å². The number of hydrogen-bond donors (Lipinski definition) is 0. The Morgan fingerprint density at radius 3 is 2.33 bits per heavy atom. The van der Waals surface area contributed by atoms with Crippen LogP contribution in [0.5, 0.6) is 0 Å². The Bertz CT molecular complexity index is 851. The fraction of sp³-hybridized carbons (Fsp3) is 0.600. The van der Waals surface area contributed by atoms with Gasteiger partial charge in [0.2, 0.25) is 15.9 Å². The number of rotatable bonds is 4. The summed E-state index contributed by atoms with van der Waals surface area (Å²) in [7, 11) is -3.58. The maximum atomic E-state index is 12.8. The van der Waals surface area contributed by atoms with Gasteiger partial charge in [0.15, 0.2) is 0 Å². The number of nitrogens with zero attached hydrogens (tertiary/aromatic N) is 3. The van der Waals surface area contributed by atoms with E-state index in [0.717, 1.165) is 11.8 Å². The Morgan fingerprint density at radius 1 is 1.07 bits per heavy atom. The summed E-state index contributed by atoms with van der Waals surface area (Å²) < 4.78 is 27.0. The van der Waals surface area contributed by atoms with Crippen LogP contribution >= 0.6 is 0 Å². The Morgan fingerprint density at radius 2 is 1.78 bits per heavy atom. The summed E-state index contributed by atoms with van der Waals surface area (Å²) in [6.45, 7) is 1.56. The van der Waals surface area contributed by atoms with Gasteiger partial charge in [-0.05, 0) is 61.3 Å². The van der Waals surface area contributed by atoms with E-state index in [4.69, 9.17) is 5.26 Å². The lowest BCUT2D eigenvalue weighted by Gasteiger charge is -2.35. The predicted molar refractivity (Wildman–Crippen MR) is 100 cm³/mol. The van der Waals surface area contributed by atoms with E-state index in [9.17, 15) is 13.2 Å². The van der Waals surface area contributed by atoms with Gasteiger partial charge in [0.25, 0.3) is 0 Å². The van der Waals surface area contributed by atoms with Crippen molar-refractivity contribution in [2.24, 2.45) is 17.8 Å². The highest BCUT2D eigenvalue weighted by Gasteiger charge is 2.41. The summed E-state index contributed by atoms with van der Waals surface area (Å²) in [6.07, 6.45) is 5.74. The monoisotopic (exact) mass is 387 g/mol. The SMILES string of the molecule is N#Cc1ccc(S(=O)(=O)N2CCN(C(=O)CC3CC4CCC3C4)CC2)cc1. The number of sulfonamides is 1. The molecule has 0 spiro atoms. The third kappa shape index (κ3) is 3.61. The summed E-state index contributed by atoms with van der Waals surface area (Å²) >= 11 is 0. The zero-order chi connectivity index (χ0) is 19.0. The number of amides is 1. The number of benzene rings is 1. The average molecular weight is 388 g/mol. The molecule has 2 bridgehead atoms. The smallest absolute Gasteiger partial charge is 0.243 e. The van der Waals surface area contributed by atoms with Crippen LogP contribution in [0.2, 0.25) is 0 Å². The minimum Gasteiger partial charge on any atom is -0.340 e. The molecule has 1 amide bonds. The highest BCUT2D eigenvalue weighted by molar-refractivity contribution is 7.89. The molecule has 2 aliphatic carbocycles. The first-order chi connectivity index (χ1) is 13.0. The molecular weight excluding hydrogens is 362 g/mol. The van der Waals surface area contributed by atoms with E-state index in [1.165, 1.54) is 54.3 Å². The van der Waals surface area contributed by atoms with Crippen LogP contribution in [0.15, 0.2) is 29.2 Å². The van der Waals surface area contributed by atoms with Crippen LogP contribution in [0.1, 0.15) is 37.7 Å². The molecule has 144 valence electrons. The fourth-order valence-electron chi connectivity index (χ4n) is 5.01.